The largest absolute Gasteiger partial charge is 0.381 e. The van der Waals surface area contributed by atoms with Crippen LogP contribution in [0.25, 0.3) is 0 Å². The number of nitrogens with zero attached hydrogens (tertiary/aromatic N) is 1. The van der Waals surface area contributed by atoms with Crippen LogP contribution in [0.1, 0.15) is 31.7 Å². The molecular weight excluding hydrogens is 471 g/mol. The minimum atomic E-state index is -3.76. The number of carbonyl (C=O) groups excluding carboxylic acids is 1. The van der Waals surface area contributed by atoms with Crippen LogP contribution in [0.5, 0.6) is 0 Å². The van der Waals surface area contributed by atoms with Crippen LogP contribution in [-0.4, -0.2) is 46.4 Å². The highest BCUT2D eigenvalue weighted by molar-refractivity contribution is 7.92. The minimum absolute atomic E-state index is 0.221. The topological polar surface area (TPSA) is 75.7 Å². The molecule has 1 amide bonds. The van der Waals surface area contributed by atoms with Gasteiger partial charge in [-0.2, -0.15) is 0 Å². The Balaban J connectivity index is 1.86. The SMILES string of the molecule is CC[C@H](C(=O)NCC1(c2ccccc2)CCOCC1)N(c1ccc(Cl)c(Cl)c1)S(C)(=O)=O. The molecule has 0 aliphatic carbocycles. The summed E-state index contributed by atoms with van der Waals surface area (Å²) in [5.41, 5.74) is 1.18. The second kappa shape index (κ2) is 10.4. The molecule has 32 heavy (non-hydrogen) atoms. The van der Waals surface area contributed by atoms with Gasteiger partial charge in [-0.3, -0.25) is 9.10 Å². The summed E-state index contributed by atoms with van der Waals surface area (Å²) in [5.74, 6) is -0.356. The van der Waals surface area contributed by atoms with Crippen molar-refractivity contribution in [3.8, 4) is 0 Å². The highest BCUT2D eigenvalue weighted by Gasteiger charge is 2.37. The fraction of sp³-hybridized carbons (Fsp3) is 0.435. The summed E-state index contributed by atoms with van der Waals surface area (Å²) in [4.78, 5) is 13.3. The summed E-state index contributed by atoms with van der Waals surface area (Å²) < 4.78 is 32.0. The molecule has 9 heteroatoms. The van der Waals surface area contributed by atoms with Crippen LogP contribution in [0.4, 0.5) is 5.69 Å². The monoisotopic (exact) mass is 498 g/mol. The van der Waals surface area contributed by atoms with E-state index in [4.69, 9.17) is 27.9 Å². The van der Waals surface area contributed by atoms with Gasteiger partial charge in [0.2, 0.25) is 15.9 Å². The fourth-order valence-electron chi connectivity index (χ4n) is 4.18. The molecule has 1 saturated heterocycles. The number of hydrogen-bond donors (Lipinski definition) is 1. The lowest BCUT2D eigenvalue weighted by molar-refractivity contribution is -0.122. The predicted octanol–water partition coefficient (Wildman–Crippen LogP) is 4.40. The first-order chi connectivity index (χ1) is 15.2. The predicted molar refractivity (Wildman–Crippen MR) is 129 cm³/mol. The van der Waals surface area contributed by atoms with E-state index < -0.39 is 16.1 Å². The number of halogens is 2. The normalized spacial score (nSPS) is 16.9. The highest BCUT2D eigenvalue weighted by Crippen LogP contribution is 2.35. The second-order valence-corrected chi connectivity index (χ2v) is 10.7. The Bertz CT molecular complexity index is 1040. The number of sulfonamides is 1. The maximum absolute atomic E-state index is 13.3. The quantitative estimate of drug-likeness (QED) is 0.584. The fourth-order valence-corrected chi connectivity index (χ4v) is 5.67. The number of rotatable bonds is 8. The van der Waals surface area contributed by atoms with E-state index in [1.165, 1.54) is 12.1 Å². The van der Waals surface area contributed by atoms with Crippen LogP contribution >= 0.6 is 23.2 Å². The standard InChI is InChI=1S/C23H28Cl2N2O4S/c1-3-21(27(32(2,29)30)18-9-10-19(24)20(25)15-18)22(28)26-16-23(11-13-31-14-12-23)17-7-5-4-6-8-17/h4-10,15,21H,3,11-14,16H2,1-2H3,(H,26,28)/t21-/m1/s1. The van der Waals surface area contributed by atoms with Crippen molar-refractivity contribution < 1.29 is 17.9 Å². The molecule has 1 atom stereocenters. The van der Waals surface area contributed by atoms with Gasteiger partial charge in [0.15, 0.2) is 0 Å². The molecule has 2 aromatic carbocycles. The molecule has 3 rings (SSSR count). The van der Waals surface area contributed by atoms with Gasteiger partial charge in [-0.25, -0.2) is 8.42 Å². The van der Waals surface area contributed by atoms with Gasteiger partial charge < -0.3 is 10.1 Å². The molecule has 1 fully saturated rings. The smallest absolute Gasteiger partial charge is 0.243 e. The number of nitrogens with one attached hydrogen (secondary N) is 1. The second-order valence-electron chi connectivity index (χ2n) is 8.06. The van der Waals surface area contributed by atoms with Crippen LogP contribution in [0, 0.1) is 0 Å². The molecule has 0 spiro atoms. The molecule has 0 aromatic heterocycles. The van der Waals surface area contributed by atoms with Crippen molar-refractivity contribution in [2.45, 2.75) is 37.6 Å². The first kappa shape index (κ1) is 24.8. The number of carbonyl (C=O) groups is 1. The van der Waals surface area contributed by atoms with Crippen LogP contribution in [0.15, 0.2) is 48.5 Å². The van der Waals surface area contributed by atoms with Crippen molar-refractivity contribution >= 4 is 44.8 Å². The van der Waals surface area contributed by atoms with Crippen molar-refractivity contribution in [3.05, 3.63) is 64.1 Å². The molecule has 2 aromatic rings. The average molecular weight is 499 g/mol. The van der Waals surface area contributed by atoms with Gasteiger partial charge >= 0.3 is 0 Å². The van der Waals surface area contributed by atoms with E-state index in [1.807, 2.05) is 18.2 Å². The number of anilines is 1. The van der Waals surface area contributed by atoms with Crippen molar-refractivity contribution in [2.75, 3.05) is 30.3 Å². The Morgan fingerprint density at radius 3 is 2.34 bits per heavy atom. The third kappa shape index (κ3) is 5.57. The maximum atomic E-state index is 13.3. The van der Waals surface area contributed by atoms with Crippen molar-refractivity contribution in [1.29, 1.82) is 0 Å². The van der Waals surface area contributed by atoms with Crippen molar-refractivity contribution in [3.63, 3.8) is 0 Å². The lowest BCUT2D eigenvalue weighted by atomic mass is 9.74. The highest BCUT2D eigenvalue weighted by atomic mass is 35.5. The molecular formula is C23H28Cl2N2O4S. The zero-order valence-corrected chi connectivity index (χ0v) is 20.5. The summed E-state index contributed by atoms with van der Waals surface area (Å²) in [6.45, 7) is 3.40. The van der Waals surface area contributed by atoms with Crippen LogP contribution in [-0.2, 0) is 25.0 Å². The molecule has 6 nitrogen and oxygen atoms in total. The van der Waals surface area contributed by atoms with Gasteiger partial charge in [0.1, 0.15) is 6.04 Å². The first-order valence-electron chi connectivity index (χ1n) is 10.5. The molecule has 1 N–H and O–H groups in total. The van der Waals surface area contributed by atoms with Gasteiger partial charge in [-0.05, 0) is 43.0 Å². The van der Waals surface area contributed by atoms with Gasteiger partial charge in [0.05, 0.1) is 22.0 Å². The Morgan fingerprint density at radius 2 is 1.78 bits per heavy atom. The Morgan fingerprint density at radius 1 is 1.12 bits per heavy atom. The molecule has 1 aliphatic heterocycles. The molecule has 0 radical (unpaired) electrons. The zero-order valence-electron chi connectivity index (χ0n) is 18.2. The number of hydrogen-bond acceptors (Lipinski definition) is 4. The molecule has 0 bridgehead atoms. The molecule has 1 heterocycles. The summed E-state index contributed by atoms with van der Waals surface area (Å²) in [7, 11) is -3.76. The molecule has 0 saturated carbocycles. The molecule has 174 valence electrons. The van der Waals surface area contributed by atoms with E-state index >= 15 is 0 Å². The van der Waals surface area contributed by atoms with E-state index in [0.29, 0.717) is 36.9 Å². The van der Waals surface area contributed by atoms with Crippen LogP contribution in [0.3, 0.4) is 0 Å². The number of benzene rings is 2. The summed E-state index contributed by atoms with van der Waals surface area (Å²) in [5, 5.41) is 3.56. The van der Waals surface area contributed by atoms with E-state index in [9.17, 15) is 13.2 Å². The van der Waals surface area contributed by atoms with E-state index in [0.717, 1.165) is 29.0 Å². The van der Waals surface area contributed by atoms with Gasteiger partial charge in [0, 0.05) is 25.2 Å². The van der Waals surface area contributed by atoms with Crippen molar-refractivity contribution in [2.24, 2.45) is 0 Å². The van der Waals surface area contributed by atoms with Gasteiger partial charge in [-0.1, -0.05) is 60.5 Å². The van der Waals surface area contributed by atoms with Crippen molar-refractivity contribution in [1.82, 2.24) is 5.32 Å². The molecule has 1 aliphatic rings. The van der Waals surface area contributed by atoms with Gasteiger partial charge in [-0.15, -0.1) is 0 Å². The third-order valence-corrected chi connectivity index (χ3v) is 7.84. The summed E-state index contributed by atoms with van der Waals surface area (Å²) in [6, 6.07) is 13.7. The van der Waals surface area contributed by atoms with E-state index in [2.05, 4.69) is 17.4 Å². The Kier molecular flexibility index (Phi) is 8.09. The zero-order chi connectivity index (χ0) is 23.4. The Hall–Kier alpha value is -1.80. The van der Waals surface area contributed by atoms with Crippen LogP contribution < -0.4 is 9.62 Å². The maximum Gasteiger partial charge on any atom is 0.243 e. The minimum Gasteiger partial charge on any atom is -0.381 e. The van der Waals surface area contributed by atoms with Gasteiger partial charge in [0.25, 0.3) is 0 Å². The van der Waals surface area contributed by atoms with E-state index in [1.54, 1.807) is 13.0 Å². The van der Waals surface area contributed by atoms with Crippen LogP contribution in [0.2, 0.25) is 10.0 Å². The lowest BCUT2D eigenvalue weighted by Crippen LogP contribution is -2.52. The summed E-state index contributed by atoms with van der Waals surface area (Å²) in [6.07, 6.45) is 2.92. The number of ether oxygens (including phenoxy) is 1. The molecule has 0 unspecified atom stereocenters. The summed E-state index contributed by atoms with van der Waals surface area (Å²) >= 11 is 12.1. The Labute approximate surface area is 199 Å². The first-order valence-corrected chi connectivity index (χ1v) is 13.1. The lowest BCUT2D eigenvalue weighted by Gasteiger charge is -2.39. The van der Waals surface area contributed by atoms with E-state index in [-0.39, 0.29) is 16.3 Å². The number of amides is 1. The third-order valence-electron chi connectivity index (χ3n) is 5.92. The average Bonchev–Trinajstić information content (AvgIpc) is 2.78.